The quantitative estimate of drug-likeness (QED) is 0.841. The molecule has 0 fully saturated rings. The Bertz CT molecular complexity index is 550. The van der Waals surface area contributed by atoms with Gasteiger partial charge in [-0.05, 0) is 19.4 Å². The van der Waals surface area contributed by atoms with Crippen LogP contribution in [0.3, 0.4) is 0 Å². The van der Waals surface area contributed by atoms with Crippen molar-refractivity contribution in [2.75, 3.05) is 5.32 Å². The number of anilines is 1. The van der Waals surface area contributed by atoms with Gasteiger partial charge in [-0.25, -0.2) is 9.89 Å². The zero-order valence-electron chi connectivity index (χ0n) is 9.77. The van der Waals surface area contributed by atoms with Crippen LogP contribution in [0.25, 0.3) is 0 Å². The Morgan fingerprint density at radius 3 is 2.71 bits per heavy atom. The van der Waals surface area contributed by atoms with Gasteiger partial charge in [-0.15, -0.1) is 0 Å². The van der Waals surface area contributed by atoms with Crippen molar-refractivity contribution in [3.63, 3.8) is 0 Å². The van der Waals surface area contributed by atoms with Crippen molar-refractivity contribution in [1.82, 2.24) is 15.2 Å². The summed E-state index contributed by atoms with van der Waals surface area (Å²) in [5.74, 6) is 0.519. The number of hydrogen-bond acceptors (Lipinski definition) is 4. The molecule has 0 amide bonds. The van der Waals surface area contributed by atoms with Crippen LogP contribution in [0.2, 0.25) is 0 Å². The van der Waals surface area contributed by atoms with Crippen molar-refractivity contribution < 1.29 is 0 Å². The van der Waals surface area contributed by atoms with Gasteiger partial charge >= 0.3 is 5.69 Å². The first kappa shape index (κ1) is 11.3. The van der Waals surface area contributed by atoms with Crippen molar-refractivity contribution in [1.29, 1.82) is 0 Å². The van der Waals surface area contributed by atoms with E-state index >= 15 is 0 Å². The summed E-state index contributed by atoms with van der Waals surface area (Å²) in [6.45, 7) is 3.81. The van der Waals surface area contributed by atoms with E-state index in [1.807, 2.05) is 37.3 Å². The minimum absolute atomic E-state index is 0.0750. The Morgan fingerprint density at radius 2 is 2.00 bits per heavy atom. The molecule has 0 radical (unpaired) electrons. The van der Waals surface area contributed by atoms with E-state index in [2.05, 4.69) is 20.5 Å². The highest BCUT2D eigenvalue weighted by Gasteiger charge is 2.08. The third-order valence-electron chi connectivity index (χ3n) is 2.53. The summed E-state index contributed by atoms with van der Waals surface area (Å²) >= 11 is 0. The van der Waals surface area contributed by atoms with Crippen molar-refractivity contribution in [3.8, 4) is 0 Å². The Kier molecular flexibility index (Phi) is 3.18. The van der Waals surface area contributed by atoms with Gasteiger partial charge in [0.05, 0.1) is 6.04 Å². The molecule has 2 rings (SSSR count). The number of aromatic amines is 1. The van der Waals surface area contributed by atoms with Gasteiger partial charge in [0.15, 0.2) is 5.82 Å². The van der Waals surface area contributed by atoms with Crippen LogP contribution < -0.4 is 11.0 Å². The zero-order chi connectivity index (χ0) is 12.3. The summed E-state index contributed by atoms with van der Waals surface area (Å²) in [5.41, 5.74) is 1.36. The van der Waals surface area contributed by atoms with Crippen molar-refractivity contribution >= 4 is 5.82 Å². The number of H-pyrrole nitrogens is 1. The Balaban J connectivity index is 2.21. The van der Waals surface area contributed by atoms with Crippen LogP contribution in [0.5, 0.6) is 0 Å². The second-order valence-corrected chi connectivity index (χ2v) is 3.85. The summed E-state index contributed by atoms with van der Waals surface area (Å²) < 4.78 is 0. The van der Waals surface area contributed by atoms with Gasteiger partial charge in [0.25, 0.3) is 0 Å². The second kappa shape index (κ2) is 4.78. The number of hydrogen-bond donors (Lipinski definition) is 2. The monoisotopic (exact) mass is 230 g/mol. The molecule has 2 N–H and O–H groups in total. The predicted octanol–water partition coefficient (Wildman–Crippen LogP) is 1.65. The van der Waals surface area contributed by atoms with Crippen LogP contribution in [0, 0.1) is 6.92 Å². The lowest BCUT2D eigenvalue weighted by molar-refractivity contribution is 0.828. The normalized spacial score (nSPS) is 12.1. The third-order valence-corrected chi connectivity index (χ3v) is 2.53. The predicted molar refractivity (Wildman–Crippen MR) is 65.9 cm³/mol. The van der Waals surface area contributed by atoms with Gasteiger partial charge in [0, 0.05) is 0 Å². The average Bonchev–Trinajstić information content (AvgIpc) is 2.35. The van der Waals surface area contributed by atoms with E-state index in [0.717, 1.165) is 5.56 Å². The molecule has 0 aliphatic carbocycles. The maximum absolute atomic E-state index is 11.1. The molecule has 0 saturated heterocycles. The number of nitrogens with zero attached hydrogens (tertiary/aromatic N) is 2. The largest absolute Gasteiger partial charge is 0.363 e. The highest BCUT2D eigenvalue weighted by Crippen LogP contribution is 2.17. The fourth-order valence-corrected chi connectivity index (χ4v) is 1.56. The Labute approximate surface area is 98.9 Å². The molecule has 0 aliphatic heterocycles. The fourth-order valence-electron chi connectivity index (χ4n) is 1.56. The number of aryl methyl sites for hydroxylation is 1. The van der Waals surface area contributed by atoms with E-state index in [4.69, 9.17) is 0 Å². The van der Waals surface area contributed by atoms with Crippen LogP contribution in [0.1, 0.15) is 24.2 Å². The molecule has 0 bridgehead atoms. The van der Waals surface area contributed by atoms with Gasteiger partial charge in [0.2, 0.25) is 0 Å². The van der Waals surface area contributed by atoms with E-state index in [9.17, 15) is 4.79 Å². The standard InChI is InChI=1S/C12H14N4O/c1-8(10-6-4-3-5-7-10)13-11-9(2)15-16-12(17)14-11/h3-8H,1-2H3,(H2,13,14,16,17)/t8-/m0/s1. The number of benzene rings is 1. The van der Waals surface area contributed by atoms with Crippen LogP contribution in [-0.4, -0.2) is 15.2 Å². The van der Waals surface area contributed by atoms with Gasteiger partial charge in [-0.1, -0.05) is 30.3 Å². The van der Waals surface area contributed by atoms with Crippen LogP contribution in [0.4, 0.5) is 5.82 Å². The molecule has 88 valence electrons. The first-order valence-corrected chi connectivity index (χ1v) is 5.41. The highest BCUT2D eigenvalue weighted by molar-refractivity contribution is 5.40. The molecule has 0 aliphatic rings. The van der Waals surface area contributed by atoms with Gasteiger partial charge in [-0.3, -0.25) is 0 Å². The molecule has 1 aromatic carbocycles. The number of rotatable bonds is 3. The van der Waals surface area contributed by atoms with Gasteiger partial charge < -0.3 is 5.32 Å². The van der Waals surface area contributed by atoms with Crippen LogP contribution in [-0.2, 0) is 0 Å². The topological polar surface area (TPSA) is 70.7 Å². The zero-order valence-corrected chi connectivity index (χ0v) is 9.77. The molecular formula is C12H14N4O. The van der Waals surface area contributed by atoms with Crippen molar-refractivity contribution in [2.45, 2.75) is 19.9 Å². The molecule has 17 heavy (non-hydrogen) atoms. The minimum Gasteiger partial charge on any atom is -0.362 e. The summed E-state index contributed by atoms with van der Waals surface area (Å²) in [4.78, 5) is 14.9. The van der Waals surface area contributed by atoms with E-state index in [1.54, 1.807) is 6.92 Å². The highest BCUT2D eigenvalue weighted by atomic mass is 16.1. The van der Waals surface area contributed by atoms with Gasteiger partial charge in [0.1, 0.15) is 5.69 Å². The molecule has 1 aromatic heterocycles. The Morgan fingerprint density at radius 1 is 1.29 bits per heavy atom. The maximum Gasteiger partial charge on any atom is 0.363 e. The summed E-state index contributed by atoms with van der Waals surface area (Å²) in [6.07, 6.45) is 0. The molecule has 1 atom stereocenters. The molecule has 5 nitrogen and oxygen atoms in total. The van der Waals surface area contributed by atoms with E-state index in [0.29, 0.717) is 11.5 Å². The molecule has 0 spiro atoms. The first-order valence-electron chi connectivity index (χ1n) is 5.41. The fraction of sp³-hybridized carbons (Fsp3) is 0.250. The lowest BCUT2D eigenvalue weighted by Gasteiger charge is -2.15. The summed E-state index contributed by atoms with van der Waals surface area (Å²) in [6, 6.07) is 10.0. The molecule has 5 heteroatoms. The molecular weight excluding hydrogens is 216 g/mol. The number of aromatic nitrogens is 3. The van der Waals surface area contributed by atoms with E-state index in [-0.39, 0.29) is 6.04 Å². The van der Waals surface area contributed by atoms with E-state index < -0.39 is 5.69 Å². The maximum atomic E-state index is 11.1. The Hall–Kier alpha value is -2.17. The summed E-state index contributed by atoms with van der Waals surface area (Å²) in [5, 5.41) is 9.33. The third kappa shape index (κ3) is 2.69. The molecule has 0 saturated carbocycles. The van der Waals surface area contributed by atoms with Crippen LogP contribution in [0.15, 0.2) is 35.1 Å². The van der Waals surface area contributed by atoms with Gasteiger partial charge in [-0.2, -0.15) is 10.1 Å². The minimum atomic E-state index is -0.446. The summed E-state index contributed by atoms with van der Waals surface area (Å²) in [7, 11) is 0. The van der Waals surface area contributed by atoms with E-state index in [1.165, 1.54) is 0 Å². The second-order valence-electron chi connectivity index (χ2n) is 3.85. The molecule has 1 heterocycles. The van der Waals surface area contributed by atoms with Crippen molar-refractivity contribution in [2.24, 2.45) is 0 Å². The SMILES string of the molecule is Cc1n[nH]c(=O)nc1N[C@@H](C)c1ccccc1. The van der Waals surface area contributed by atoms with Crippen LogP contribution >= 0.6 is 0 Å². The van der Waals surface area contributed by atoms with Crippen molar-refractivity contribution in [3.05, 3.63) is 52.1 Å². The average molecular weight is 230 g/mol. The lowest BCUT2D eigenvalue weighted by Crippen LogP contribution is -2.18. The lowest BCUT2D eigenvalue weighted by atomic mass is 10.1. The smallest absolute Gasteiger partial charge is 0.362 e. The molecule has 0 unspecified atom stereocenters. The molecule has 2 aromatic rings. The number of nitrogens with one attached hydrogen (secondary N) is 2. The first-order chi connectivity index (χ1) is 8.16.